The maximum atomic E-state index is 13.4. The number of amides is 1. The summed E-state index contributed by atoms with van der Waals surface area (Å²) in [7, 11) is 0. The number of benzene rings is 3. The minimum Gasteiger partial charge on any atom is -0.489 e. The van der Waals surface area contributed by atoms with Crippen molar-refractivity contribution in [3.63, 3.8) is 0 Å². The van der Waals surface area contributed by atoms with E-state index in [2.05, 4.69) is 5.32 Å². The number of nitrogens with one attached hydrogen (secondary N) is 1. The molecule has 1 aliphatic heterocycles. The van der Waals surface area contributed by atoms with Gasteiger partial charge in [-0.1, -0.05) is 42.5 Å². The lowest BCUT2D eigenvalue weighted by atomic mass is 9.74. The van der Waals surface area contributed by atoms with E-state index in [9.17, 15) is 9.18 Å². The second-order valence-electron chi connectivity index (χ2n) is 8.21. The molecule has 5 nitrogen and oxygen atoms in total. The molecular formula is C27H28FNO4. The van der Waals surface area contributed by atoms with Crippen LogP contribution in [0.3, 0.4) is 0 Å². The smallest absolute Gasteiger partial charge is 0.257 e. The molecule has 1 amide bonds. The molecule has 4 rings (SSSR count). The number of rotatable bonds is 9. The van der Waals surface area contributed by atoms with Crippen LogP contribution in [0.1, 0.15) is 24.0 Å². The molecule has 0 saturated carbocycles. The van der Waals surface area contributed by atoms with Gasteiger partial charge in [0.15, 0.2) is 6.61 Å². The maximum absolute atomic E-state index is 13.4. The van der Waals surface area contributed by atoms with Gasteiger partial charge in [-0.3, -0.25) is 4.79 Å². The first-order chi connectivity index (χ1) is 16.1. The van der Waals surface area contributed by atoms with Gasteiger partial charge in [0.25, 0.3) is 5.91 Å². The molecule has 0 atom stereocenters. The summed E-state index contributed by atoms with van der Waals surface area (Å²) in [5.74, 6) is 0.857. The highest BCUT2D eigenvalue weighted by Crippen LogP contribution is 2.34. The fraction of sp³-hybridized carbons (Fsp3) is 0.296. The van der Waals surface area contributed by atoms with Crippen molar-refractivity contribution < 1.29 is 23.4 Å². The van der Waals surface area contributed by atoms with E-state index in [1.54, 1.807) is 24.3 Å². The van der Waals surface area contributed by atoms with E-state index >= 15 is 0 Å². The Kier molecular flexibility index (Phi) is 7.58. The van der Waals surface area contributed by atoms with E-state index in [1.165, 1.54) is 12.1 Å². The average Bonchev–Trinajstić information content (AvgIpc) is 2.87. The highest BCUT2D eigenvalue weighted by atomic mass is 19.1. The molecule has 3 aromatic rings. The van der Waals surface area contributed by atoms with E-state index in [4.69, 9.17) is 14.2 Å². The predicted octanol–water partition coefficient (Wildman–Crippen LogP) is 4.65. The van der Waals surface area contributed by atoms with Crippen molar-refractivity contribution in [1.82, 2.24) is 5.32 Å². The minimum absolute atomic E-state index is 0.0831. The molecule has 1 saturated heterocycles. The molecular weight excluding hydrogens is 421 g/mol. The molecule has 1 heterocycles. The lowest BCUT2D eigenvalue weighted by molar-refractivity contribution is -0.123. The van der Waals surface area contributed by atoms with Gasteiger partial charge in [-0.25, -0.2) is 4.39 Å². The quantitative estimate of drug-likeness (QED) is 0.517. The van der Waals surface area contributed by atoms with Gasteiger partial charge >= 0.3 is 0 Å². The Bertz CT molecular complexity index is 1020. The van der Waals surface area contributed by atoms with Crippen molar-refractivity contribution in [2.24, 2.45) is 0 Å². The fourth-order valence-electron chi connectivity index (χ4n) is 3.97. The Hall–Kier alpha value is -3.38. The molecule has 172 valence electrons. The Morgan fingerprint density at radius 3 is 2.18 bits per heavy atom. The van der Waals surface area contributed by atoms with Gasteiger partial charge in [0.2, 0.25) is 0 Å². The van der Waals surface area contributed by atoms with Crippen LogP contribution in [0.2, 0.25) is 0 Å². The summed E-state index contributed by atoms with van der Waals surface area (Å²) in [6, 6.07) is 23.7. The molecule has 0 unspecified atom stereocenters. The Labute approximate surface area is 193 Å². The number of hydrogen-bond donors (Lipinski definition) is 1. The van der Waals surface area contributed by atoms with Crippen LogP contribution in [0, 0.1) is 5.82 Å². The molecule has 33 heavy (non-hydrogen) atoms. The van der Waals surface area contributed by atoms with E-state index in [-0.39, 0.29) is 23.7 Å². The van der Waals surface area contributed by atoms with E-state index in [0.29, 0.717) is 32.1 Å². The summed E-state index contributed by atoms with van der Waals surface area (Å²) in [6.07, 6.45) is 1.54. The van der Waals surface area contributed by atoms with Crippen LogP contribution < -0.4 is 14.8 Å². The van der Waals surface area contributed by atoms with Crippen LogP contribution in [0.5, 0.6) is 11.5 Å². The predicted molar refractivity (Wildman–Crippen MR) is 124 cm³/mol. The van der Waals surface area contributed by atoms with Crippen LogP contribution in [-0.2, 0) is 21.6 Å². The molecule has 0 spiro atoms. The van der Waals surface area contributed by atoms with Crippen LogP contribution in [0.4, 0.5) is 4.39 Å². The minimum atomic E-state index is -0.269. The third-order valence-corrected chi connectivity index (χ3v) is 5.97. The van der Waals surface area contributed by atoms with Crippen molar-refractivity contribution in [3.05, 3.63) is 95.8 Å². The Morgan fingerprint density at radius 2 is 1.52 bits per heavy atom. The monoisotopic (exact) mass is 449 g/mol. The third kappa shape index (κ3) is 6.33. The second-order valence-corrected chi connectivity index (χ2v) is 8.21. The lowest BCUT2D eigenvalue weighted by Crippen LogP contribution is -2.45. The van der Waals surface area contributed by atoms with Crippen molar-refractivity contribution in [2.45, 2.75) is 24.9 Å². The van der Waals surface area contributed by atoms with Crippen molar-refractivity contribution in [2.75, 3.05) is 26.4 Å². The molecule has 6 heteroatoms. The molecule has 0 aliphatic carbocycles. The van der Waals surface area contributed by atoms with Gasteiger partial charge < -0.3 is 19.5 Å². The molecule has 1 fully saturated rings. The second kappa shape index (κ2) is 11.0. The zero-order valence-electron chi connectivity index (χ0n) is 18.5. The van der Waals surface area contributed by atoms with E-state index < -0.39 is 0 Å². The highest BCUT2D eigenvalue weighted by molar-refractivity contribution is 5.77. The zero-order valence-corrected chi connectivity index (χ0v) is 18.5. The third-order valence-electron chi connectivity index (χ3n) is 5.97. The van der Waals surface area contributed by atoms with Gasteiger partial charge in [-0.05, 0) is 60.4 Å². The summed E-state index contributed by atoms with van der Waals surface area (Å²) in [6.45, 7) is 2.09. The van der Waals surface area contributed by atoms with Crippen molar-refractivity contribution in [3.8, 4) is 11.5 Å². The first-order valence-corrected chi connectivity index (χ1v) is 11.1. The first-order valence-electron chi connectivity index (χ1n) is 11.1. The molecule has 1 aliphatic rings. The van der Waals surface area contributed by atoms with Gasteiger partial charge in [0.1, 0.15) is 23.9 Å². The highest BCUT2D eigenvalue weighted by Gasteiger charge is 2.34. The van der Waals surface area contributed by atoms with Crippen molar-refractivity contribution in [1.29, 1.82) is 0 Å². The Morgan fingerprint density at radius 1 is 0.879 bits per heavy atom. The maximum Gasteiger partial charge on any atom is 0.257 e. The molecule has 0 bridgehead atoms. The normalized spacial score (nSPS) is 14.9. The number of carbonyl (C=O) groups excluding carboxylic acids is 1. The topological polar surface area (TPSA) is 56.8 Å². The van der Waals surface area contributed by atoms with Crippen LogP contribution in [0.15, 0.2) is 78.9 Å². The summed E-state index contributed by atoms with van der Waals surface area (Å²) in [4.78, 5) is 12.5. The number of halogens is 1. The molecule has 3 aromatic carbocycles. The Balaban J connectivity index is 1.26. The zero-order chi connectivity index (χ0) is 22.9. The standard InChI is InChI=1S/C27H28FNO4/c28-23-8-6-22(7-9-23)27(14-16-31-17-15-27)20-29-26(30)19-33-25-12-10-24(11-13-25)32-18-21-4-2-1-3-5-21/h1-13H,14-20H2,(H,29,30). The van der Waals surface area contributed by atoms with E-state index in [0.717, 1.165) is 29.7 Å². The van der Waals surface area contributed by atoms with Gasteiger partial charge in [-0.2, -0.15) is 0 Å². The summed E-state index contributed by atoms with van der Waals surface area (Å²) in [5, 5.41) is 2.99. The summed E-state index contributed by atoms with van der Waals surface area (Å²) in [5.41, 5.74) is 1.84. The first kappa shape index (κ1) is 22.8. The van der Waals surface area contributed by atoms with E-state index in [1.807, 2.05) is 42.5 Å². The largest absolute Gasteiger partial charge is 0.489 e. The van der Waals surface area contributed by atoms with Crippen LogP contribution >= 0.6 is 0 Å². The summed E-state index contributed by atoms with van der Waals surface area (Å²) >= 11 is 0. The molecule has 0 radical (unpaired) electrons. The van der Waals surface area contributed by atoms with Crippen LogP contribution in [-0.4, -0.2) is 32.3 Å². The van der Waals surface area contributed by atoms with Gasteiger partial charge in [0.05, 0.1) is 0 Å². The van der Waals surface area contributed by atoms with Gasteiger partial charge in [0, 0.05) is 25.2 Å². The lowest BCUT2D eigenvalue weighted by Gasteiger charge is -2.38. The van der Waals surface area contributed by atoms with Gasteiger partial charge in [-0.15, -0.1) is 0 Å². The molecule has 1 N–H and O–H groups in total. The molecule has 0 aromatic heterocycles. The van der Waals surface area contributed by atoms with Crippen molar-refractivity contribution >= 4 is 5.91 Å². The van der Waals surface area contributed by atoms with Crippen LogP contribution in [0.25, 0.3) is 0 Å². The number of hydrogen-bond acceptors (Lipinski definition) is 4. The average molecular weight is 450 g/mol. The number of carbonyl (C=O) groups is 1. The summed E-state index contributed by atoms with van der Waals surface area (Å²) < 4.78 is 30.3. The SMILES string of the molecule is O=C(COc1ccc(OCc2ccccc2)cc1)NCC1(c2ccc(F)cc2)CCOCC1. The number of ether oxygens (including phenoxy) is 3. The fourth-order valence-corrected chi connectivity index (χ4v) is 3.97.